The Labute approximate surface area is 236 Å². The third-order valence-corrected chi connectivity index (χ3v) is 7.57. The molecule has 0 saturated carbocycles. The molecule has 226 valence electrons. The third-order valence-electron chi connectivity index (χ3n) is 7.57. The van der Waals surface area contributed by atoms with Crippen molar-refractivity contribution >= 4 is 5.91 Å². The van der Waals surface area contributed by atoms with Gasteiger partial charge in [-0.05, 0) is 19.3 Å². The summed E-state index contributed by atoms with van der Waals surface area (Å²) in [7, 11) is 0. The number of unbranched alkanes of at least 4 members (excludes halogenated alkanes) is 20. The fourth-order valence-corrected chi connectivity index (χ4v) is 4.98. The Hall–Kier alpha value is -0.910. The van der Waals surface area contributed by atoms with Gasteiger partial charge in [0.15, 0.2) is 0 Å². The Bertz CT molecular complexity index is 525. The predicted molar refractivity (Wildman–Crippen MR) is 162 cm³/mol. The van der Waals surface area contributed by atoms with Gasteiger partial charge in [-0.1, -0.05) is 154 Å². The summed E-state index contributed by atoms with van der Waals surface area (Å²) in [6.07, 6.45) is 30.6. The largest absolute Gasteiger partial charge is 0.394 e. The summed E-state index contributed by atoms with van der Waals surface area (Å²) in [5.41, 5.74) is 0. The summed E-state index contributed by atoms with van der Waals surface area (Å²) < 4.78 is 0. The molecule has 0 aromatic rings. The molecule has 1 amide bonds. The molecule has 0 heterocycles. The van der Waals surface area contributed by atoms with Crippen LogP contribution in [0.25, 0.3) is 0 Å². The number of carbonyl (C=O) groups is 1. The zero-order valence-corrected chi connectivity index (χ0v) is 25.3. The smallest absolute Gasteiger partial charge is 0.222 e. The average molecular weight is 540 g/mol. The number of hydrogen-bond acceptors (Lipinski definition) is 4. The van der Waals surface area contributed by atoms with E-state index in [0.29, 0.717) is 6.42 Å². The fraction of sp³-hybridized carbons (Fsp3) is 0.909. The minimum Gasteiger partial charge on any atom is -0.394 e. The second-order valence-electron chi connectivity index (χ2n) is 11.4. The van der Waals surface area contributed by atoms with Gasteiger partial charge < -0.3 is 20.6 Å². The maximum absolute atomic E-state index is 12.2. The summed E-state index contributed by atoms with van der Waals surface area (Å²) in [4.78, 5) is 12.2. The first-order chi connectivity index (χ1) is 18.5. The van der Waals surface area contributed by atoms with Gasteiger partial charge in [0, 0.05) is 0 Å². The molecule has 0 bridgehead atoms. The molecule has 0 saturated heterocycles. The van der Waals surface area contributed by atoms with E-state index in [2.05, 4.69) is 19.2 Å². The number of rotatable bonds is 29. The van der Waals surface area contributed by atoms with Gasteiger partial charge in [-0.25, -0.2) is 0 Å². The minimum absolute atomic E-state index is 0.0157. The molecule has 0 spiro atoms. The normalized spacial score (nSPS) is 14.1. The van der Waals surface area contributed by atoms with Crippen LogP contribution >= 0.6 is 0 Å². The topological polar surface area (TPSA) is 89.8 Å². The van der Waals surface area contributed by atoms with Crippen molar-refractivity contribution in [2.75, 3.05) is 6.61 Å². The highest BCUT2D eigenvalue weighted by Crippen LogP contribution is 2.14. The molecule has 0 aromatic carbocycles. The molecular formula is C33H65NO4. The van der Waals surface area contributed by atoms with Crippen LogP contribution in [0, 0.1) is 0 Å². The maximum Gasteiger partial charge on any atom is 0.222 e. The number of carbonyl (C=O) groups excluding carboxylic acids is 1. The lowest BCUT2D eigenvalue weighted by atomic mass is 10.0. The van der Waals surface area contributed by atoms with E-state index in [1.165, 1.54) is 116 Å². The van der Waals surface area contributed by atoms with E-state index >= 15 is 0 Å². The van der Waals surface area contributed by atoms with Crippen molar-refractivity contribution in [2.45, 2.75) is 186 Å². The van der Waals surface area contributed by atoms with Crippen LogP contribution in [-0.4, -0.2) is 46.1 Å². The van der Waals surface area contributed by atoms with E-state index in [0.717, 1.165) is 25.7 Å². The molecular weight excluding hydrogens is 474 g/mol. The molecule has 0 aromatic heterocycles. The van der Waals surface area contributed by atoms with Crippen LogP contribution < -0.4 is 5.32 Å². The third kappa shape index (κ3) is 25.4. The van der Waals surface area contributed by atoms with Gasteiger partial charge in [-0.3, -0.25) is 4.79 Å². The van der Waals surface area contributed by atoms with Crippen molar-refractivity contribution in [1.29, 1.82) is 0 Å². The minimum atomic E-state index is -0.921. The Kier molecular flexibility index (Phi) is 28.4. The second kappa shape index (κ2) is 29.1. The predicted octanol–water partition coefficient (Wildman–Crippen LogP) is 8.14. The Balaban J connectivity index is 3.74. The Morgan fingerprint density at radius 3 is 1.53 bits per heavy atom. The number of aliphatic hydroxyl groups is 3. The van der Waals surface area contributed by atoms with E-state index in [1.807, 2.05) is 6.08 Å². The van der Waals surface area contributed by atoms with Gasteiger partial charge in [0.05, 0.1) is 31.3 Å². The number of hydrogen-bond donors (Lipinski definition) is 4. The number of amides is 1. The summed E-state index contributed by atoms with van der Waals surface area (Å²) in [5, 5.41) is 32.8. The molecule has 0 rings (SSSR count). The zero-order valence-electron chi connectivity index (χ0n) is 25.3. The number of allylic oxidation sites excluding steroid dienone is 1. The van der Waals surface area contributed by atoms with Crippen molar-refractivity contribution in [1.82, 2.24) is 5.32 Å². The van der Waals surface area contributed by atoms with Crippen molar-refractivity contribution in [3.8, 4) is 0 Å². The lowest BCUT2D eigenvalue weighted by molar-refractivity contribution is -0.124. The highest BCUT2D eigenvalue weighted by molar-refractivity contribution is 5.76. The van der Waals surface area contributed by atoms with Crippen molar-refractivity contribution in [2.24, 2.45) is 0 Å². The van der Waals surface area contributed by atoms with Crippen LogP contribution in [0.2, 0.25) is 0 Å². The molecule has 0 fully saturated rings. The summed E-state index contributed by atoms with van der Waals surface area (Å²) in [6, 6.07) is -0.735. The van der Waals surface area contributed by atoms with Gasteiger partial charge in [-0.2, -0.15) is 0 Å². The van der Waals surface area contributed by atoms with Crippen LogP contribution in [-0.2, 0) is 4.79 Å². The van der Waals surface area contributed by atoms with Gasteiger partial charge in [0.25, 0.3) is 0 Å². The molecule has 5 heteroatoms. The number of nitrogens with one attached hydrogen (secondary N) is 1. The molecule has 0 aliphatic heterocycles. The second-order valence-corrected chi connectivity index (χ2v) is 11.4. The molecule has 0 radical (unpaired) electrons. The lowest BCUT2D eigenvalue weighted by Gasteiger charge is -2.21. The molecule has 3 atom stereocenters. The first kappa shape index (κ1) is 37.1. The molecule has 4 N–H and O–H groups in total. The lowest BCUT2D eigenvalue weighted by Crippen LogP contribution is -2.45. The van der Waals surface area contributed by atoms with Crippen LogP contribution in [0.1, 0.15) is 168 Å². The van der Waals surface area contributed by atoms with Gasteiger partial charge in [0.2, 0.25) is 5.91 Å². The molecule has 0 aliphatic carbocycles. The quantitative estimate of drug-likeness (QED) is 0.0570. The maximum atomic E-state index is 12.2. The average Bonchev–Trinajstić information content (AvgIpc) is 2.90. The summed E-state index contributed by atoms with van der Waals surface area (Å²) in [5.74, 6) is -0.320. The van der Waals surface area contributed by atoms with Crippen LogP contribution in [0.5, 0.6) is 0 Å². The van der Waals surface area contributed by atoms with Crippen molar-refractivity contribution in [3.05, 3.63) is 12.2 Å². The monoisotopic (exact) mass is 539 g/mol. The van der Waals surface area contributed by atoms with E-state index in [9.17, 15) is 20.1 Å². The van der Waals surface area contributed by atoms with Crippen molar-refractivity contribution in [3.63, 3.8) is 0 Å². The van der Waals surface area contributed by atoms with Gasteiger partial charge in [0.1, 0.15) is 0 Å². The van der Waals surface area contributed by atoms with E-state index in [-0.39, 0.29) is 18.9 Å². The summed E-state index contributed by atoms with van der Waals surface area (Å²) in [6.45, 7) is 4.15. The first-order valence-electron chi connectivity index (χ1n) is 16.5. The molecule has 3 unspecified atom stereocenters. The van der Waals surface area contributed by atoms with E-state index < -0.39 is 18.2 Å². The Morgan fingerprint density at radius 1 is 0.658 bits per heavy atom. The van der Waals surface area contributed by atoms with Crippen LogP contribution in [0.4, 0.5) is 0 Å². The summed E-state index contributed by atoms with van der Waals surface area (Å²) >= 11 is 0. The zero-order chi connectivity index (χ0) is 28.1. The van der Waals surface area contributed by atoms with E-state index in [4.69, 9.17) is 0 Å². The molecule has 5 nitrogen and oxygen atoms in total. The fourth-order valence-electron chi connectivity index (χ4n) is 4.98. The van der Waals surface area contributed by atoms with Gasteiger partial charge in [-0.15, -0.1) is 0 Å². The molecule has 38 heavy (non-hydrogen) atoms. The standard InChI is InChI=1S/C33H65NO4/c1-3-5-7-9-11-12-13-14-15-16-17-18-19-21-23-25-27-32(37)31(29-35)34-33(38)28-30(36)26-24-22-20-10-8-6-4-2/h25,27,30-32,35-37H,3-24,26,28-29H2,1-2H3,(H,34,38)/b27-25+. The Morgan fingerprint density at radius 2 is 1.08 bits per heavy atom. The van der Waals surface area contributed by atoms with Gasteiger partial charge >= 0.3 is 0 Å². The first-order valence-corrected chi connectivity index (χ1v) is 16.5. The number of aliphatic hydroxyl groups excluding tert-OH is 3. The van der Waals surface area contributed by atoms with Crippen molar-refractivity contribution < 1.29 is 20.1 Å². The highest BCUT2D eigenvalue weighted by atomic mass is 16.3. The van der Waals surface area contributed by atoms with Crippen LogP contribution in [0.15, 0.2) is 12.2 Å². The SMILES string of the molecule is CCCCCCCCCCCCCCCC/C=C/C(O)C(CO)NC(=O)CC(O)CCCCCCCCC. The van der Waals surface area contributed by atoms with E-state index in [1.54, 1.807) is 6.08 Å². The molecule has 0 aliphatic rings. The van der Waals surface area contributed by atoms with Crippen LogP contribution in [0.3, 0.4) is 0 Å². The highest BCUT2D eigenvalue weighted by Gasteiger charge is 2.20.